The monoisotopic (exact) mass is 334 g/mol. The normalized spacial score (nSPS) is 16.5. The lowest BCUT2D eigenvalue weighted by Gasteiger charge is -2.37. The fourth-order valence-electron chi connectivity index (χ4n) is 3.40. The molecule has 0 aromatic heterocycles. The van der Waals surface area contributed by atoms with Crippen molar-refractivity contribution in [3.8, 4) is 11.5 Å². The number of phenolic OH excluding ortho intramolecular Hbond substituents is 1. The smallest absolute Gasteiger partial charge is 0.161 e. The van der Waals surface area contributed by atoms with Crippen LogP contribution in [0.15, 0.2) is 24.8 Å². The minimum atomic E-state index is 0.154. The van der Waals surface area contributed by atoms with E-state index >= 15 is 0 Å². The Kier molecular flexibility index (Phi) is 7.09. The second kappa shape index (κ2) is 9.06. The van der Waals surface area contributed by atoms with Gasteiger partial charge in [0.15, 0.2) is 11.5 Å². The van der Waals surface area contributed by atoms with Gasteiger partial charge < -0.3 is 19.8 Å². The summed E-state index contributed by atoms with van der Waals surface area (Å²) in [5.74, 6) is 0.686. The van der Waals surface area contributed by atoms with Crippen LogP contribution >= 0.6 is 0 Å². The predicted molar refractivity (Wildman–Crippen MR) is 96.6 cm³/mol. The van der Waals surface area contributed by atoms with E-state index in [-0.39, 0.29) is 12.4 Å². The summed E-state index contributed by atoms with van der Waals surface area (Å²) in [4.78, 5) is 4.69. The van der Waals surface area contributed by atoms with E-state index in [0.29, 0.717) is 24.8 Å². The van der Waals surface area contributed by atoms with Crippen molar-refractivity contribution < 1.29 is 14.9 Å². The van der Waals surface area contributed by atoms with Gasteiger partial charge in [0.05, 0.1) is 13.7 Å². The van der Waals surface area contributed by atoms with Crippen LogP contribution in [0.5, 0.6) is 11.5 Å². The number of hydrogen-bond donors (Lipinski definition) is 2. The average Bonchev–Trinajstić information content (AvgIpc) is 2.58. The van der Waals surface area contributed by atoms with E-state index in [2.05, 4.69) is 23.4 Å². The van der Waals surface area contributed by atoms with E-state index in [1.54, 1.807) is 13.2 Å². The van der Waals surface area contributed by atoms with Gasteiger partial charge in [0, 0.05) is 24.7 Å². The first-order valence-electron chi connectivity index (χ1n) is 8.62. The van der Waals surface area contributed by atoms with E-state index < -0.39 is 0 Å². The summed E-state index contributed by atoms with van der Waals surface area (Å²) in [5.41, 5.74) is 1.92. The van der Waals surface area contributed by atoms with Crippen molar-refractivity contribution in [1.29, 1.82) is 0 Å². The maximum atomic E-state index is 10.2. The van der Waals surface area contributed by atoms with Crippen molar-refractivity contribution in [1.82, 2.24) is 9.80 Å². The zero-order valence-corrected chi connectivity index (χ0v) is 14.9. The molecule has 5 heteroatoms. The molecule has 2 N–H and O–H groups in total. The van der Waals surface area contributed by atoms with Crippen LogP contribution in [-0.2, 0) is 13.0 Å². The van der Waals surface area contributed by atoms with Crippen molar-refractivity contribution in [2.75, 3.05) is 40.4 Å². The predicted octanol–water partition coefficient (Wildman–Crippen LogP) is 2.02. The summed E-state index contributed by atoms with van der Waals surface area (Å²) >= 11 is 0. The zero-order valence-electron chi connectivity index (χ0n) is 14.9. The first-order chi connectivity index (χ1) is 11.6. The Hall–Kier alpha value is -1.56. The highest BCUT2D eigenvalue weighted by atomic mass is 16.5. The van der Waals surface area contributed by atoms with Crippen LogP contribution in [0.2, 0.25) is 0 Å². The lowest BCUT2D eigenvalue weighted by atomic mass is 10.0. The second-order valence-electron chi connectivity index (χ2n) is 6.53. The molecule has 0 amide bonds. The van der Waals surface area contributed by atoms with Crippen LogP contribution in [0.1, 0.15) is 24.0 Å². The van der Waals surface area contributed by atoms with Gasteiger partial charge in [0.25, 0.3) is 0 Å². The fourth-order valence-corrected chi connectivity index (χ4v) is 3.40. The number of aromatic hydroxyl groups is 1. The molecule has 2 rings (SSSR count). The number of rotatable bonds is 8. The highest BCUT2D eigenvalue weighted by molar-refractivity contribution is 5.49. The molecule has 1 aliphatic heterocycles. The largest absolute Gasteiger partial charge is 0.504 e. The Bertz CT molecular complexity index is 540. The topological polar surface area (TPSA) is 56.2 Å². The molecule has 5 nitrogen and oxygen atoms in total. The molecule has 0 unspecified atom stereocenters. The molecule has 0 atom stereocenters. The SMILES string of the molecule is C=CCc1cc(CN(CCO)C2CCN(C)CC2)cc(OC)c1O. The maximum absolute atomic E-state index is 10.2. The van der Waals surface area contributed by atoms with Crippen molar-refractivity contribution >= 4 is 0 Å². The quantitative estimate of drug-likeness (QED) is 0.713. The Morgan fingerprint density at radius 2 is 2.08 bits per heavy atom. The third-order valence-corrected chi connectivity index (χ3v) is 4.78. The molecule has 0 radical (unpaired) electrons. The van der Waals surface area contributed by atoms with Crippen LogP contribution in [0, 0.1) is 0 Å². The van der Waals surface area contributed by atoms with Crippen LogP contribution in [-0.4, -0.2) is 66.5 Å². The number of allylic oxidation sites excluding steroid dienone is 1. The van der Waals surface area contributed by atoms with E-state index in [4.69, 9.17) is 4.74 Å². The highest BCUT2D eigenvalue weighted by Crippen LogP contribution is 2.33. The molecule has 0 aliphatic carbocycles. The van der Waals surface area contributed by atoms with Gasteiger partial charge in [0.1, 0.15) is 0 Å². The minimum absolute atomic E-state index is 0.154. The number of aliphatic hydroxyl groups excluding tert-OH is 1. The van der Waals surface area contributed by atoms with Gasteiger partial charge in [-0.25, -0.2) is 0 Å². The van der Waals surface area contributed by atoms with E-state index in [9.17, 15) is 10.2 Å². The molecule has 0 saturated carbocycles. The van der Waals surface area contributed by atoms with Crippen LogP contribution in [0.25, 0.3) is 0 Å². The van der Waals surface area contributed by atoms with Gasteiger partial charge >= 0.3 is 0 Å². The zero-order chi connectivity index (χ0) is 17.5. The molecule has 1 aliphatic rings. The molecule has 1 saturated heterocycles. The average molecular weight is 334 g/mol. The fraction of sp³-hybridized carbons (Fsp3) is 0.579. The molecule has 0 spiro atoms. The van der Waals surface area contributed by atoms with E-state index in [1.807, 2.05) is 12.1 Å². The van der Waals surface area contributed by atoms with Gasteiger partial charge in [0.2, 0.25) is 0 Å². The van der Waals surface area contributed by atoms with Crippen molar-refractivity contribution in [3.63, 3.8) is 0 Å². The number of aliphatic hydroxyl groups is 1. The Labute approximate surface area is 145 Å². The Morgan fingerprint density at radius 1 is 1.38 bits per heavy atom. The third kappa shape index (κ3) is 4.72. The third-order valence-electron chi connectivity index (χ3n) is 4.78. The summed E-state index contributed by atoms with van der Waals surface area (Å²) < 4.78 is 5.31. The van der Waals surface area contributed by atoms with Crippen LogP contribution in [0.3, 0.4) is 0 Å². The molecule has 1 aromatic carbocycles. The van der Waals surface area contributed by atoms with Crippen molar-refractivity contribution in [2.45, 2.75) is 31.8 Å². The Morgan fingerprint density at radius 3 is 2.67 bits per heavy atom. The van der Waals surface area contributed by atoms with Crippen molar-refractivity contribution in [3.05, 3.63) is 35.9 Å². The summed E-state index contributed by atoms with van der Waals surface area (Å²) in [6, 6.07) is 4.39. The summed E-state index contributed by atoms with van der Waals surface area (Å²) in [7, 11) is 3.72. The molecular weight excluding hydrogens is 304 g/mol. The summed E-state index contributed by atoms with van der Waals surface area (Å²) in [5, 5.41) is 19.7. The number of phenols is 1. The lowest BCUT2D eigenvalue weighted by Crippen LogP contribution is -2.44. The van der Waals surface area contributed by atoms with Gasteiger partial charge in [-0.1, -0.05) is 12.1 Å². The van der Waals surface area contributed by atoms with Gasteiger partial charge in [-0.2, -0.15) is 0 Å². The van der Waals surface area contributed by atoms with Gasteiger partial charge in [-0.05, 0) is 51.0 Å². The van der Waals surface area contributed by atoms with E-state index in [0.717, 1.165) is 43.6 Å². The first kappa shape index (κ1) is 18.8. The number of ether oxygens (including phenoxy) is 1. The maximum Gasteiger partial charge on any atom is 0.161 e. The molecular formula is C19H30N2O3. The Balaban J connectivity index is 2.18. The molecule has 1 fully saturated rings. The highest BCUT2D eigenvalue weighted by Gasteiger charge is 2.23. The lowest BCUT2D eigenvalue weighted by molar-refractivity contribution is 0.0940. The molecule has 1 heterocycles. The van der Waals surface area contributed by atoms with E-state index in [1.165, 1.54) is 0 Å². The molecule has 134 valence electrons. The first-order valence-corrected chi connectivity index (χ1v) is 8.62. The summed E-state index contributed by atoms with van der Waals surface area (Å²) in [6.45, 7) is 7.49. The number of likely N-dealkylation sites (tertiary alicyclic amines) is 1. The standard InChI is InChI=1S/C19H30N2O3/c1-4-5-16-12-15(13-18(24-3)19(16)23)14-21(10-11-22)17-6-8-20(2)9-7-17/h4,12-13,17,22-23H,1,5-11,14H2,2-3H3. The number of methoxy groups -OCH3 is 1. The second-order valence-corrected chi connectivity index (χ2v) is 6.53. The van der Waals surface area contributed by atoms with Crippen LogP contribution < -0.4 is 4.74 Å². The van der Waals surface area contributed by atoms with Crippen LogP contribution in [0.4, 0.5) is 0 Å². The number of nitrogens with zero attached hydrogens (tertiary/aromatic N) is 2. The minimum Gasteiger partial charge on any atom is -0.504 e. The molecule has 24 heavy (non-hydrogen) atoms. The number of benzene rings is 1. The molecule has 0 bridgehead atoms. The number of piperidine rings is 1. The van der Waals surface area contributed by atoms with Gasteiger partial charge in [-0.15, -0.1) is 6.58 Å². The summed E-state index contributed by atoms with van der Waals surface area (Å²) in [6.07, 6.45) is 4.61. The van der Waals surface area contributed by atoms with Gasteiger partial charge in [-0.3, -0.25) is 4.90 Å². The van der Waals surface area contributed by atoms with Crippen molar-refractivity contribution in [2.24, 2.45) is 0 Å². The number of hydrogen-bond acceptors (Lipinski definition) is 5. The molecule has 1 aromatic rings.